The van der Waals surface area contributed by atoms with Crippen molar-refractivity contribution in [1.82, 2.24) is 0 Å². The summed E-state index contributed by atoms with van der Waals surface area (Å²) >= 11 is 0. The van der Waals surface area contributed by atoms with E-state index >= 15 is 0 Å². The van der Waals surface area contributed by atoms with Gasteiger partial charge in [0, 0.05) is 0 Å². The summed E-state index contributed by atoms with van der Waals surface area (Å²) < 4.78 is 25.6. The highest BCUT2D eigenvalue weighted by Crippen LogP contribution is 2.41. The van der Waals surface area contributed by atoms with Gasteiger partial charge < -0.3 is 5.73 Å². The summed E-state index contributed by atoms with van der Waals surface area (Å²) in [6.45, 7) is 0.629. The lowest BCUT2D eigenvalue weighted by Gasteiger charge is -2.36. The van der Waals surface area contributed by atoms with E-state index in [0.29, 0.717) is 18.4 Å². The van der Waals surface area contributed by atoms with Crippen LogP contribution in [0.3, 0.4) is 0 Å². The molecule has 2 N–H and O–H groups in total. The zero-order valence-electron chi connectivity index (χ0n) is 7.84. The van der Waals surface area contributed by atoms with Crippen LogP contribution in [0, 0.1) is 17.6 Å². The van der Waals surface area contributed by atoms with E-state index in [4.69, 9.17) is 5.73 Å². The smallest absolute Gasteiger partial charge is 0.159 e. The van der Waals surface area contributed by atoms with Gasteiger partial charge in [0.2, 0.25) is 0 Å². The average molecular weight is 197 g/mol. The normalized spacial score (nSPS) is 25.9. The summed E-state index contributed by atoms with van der Waals surface area (Å²) in [5.74, 6) is -0.766. The molecule has 3 heteroatoms. The van der Waals surface area contributed by atoms with Crippen molar-refractivity contribution >= 4 is 0 Å². The second-order valence-corrected chi connectivity index (χ2v) is 3.85. The maximum Gasteiger partial charge on any atom is 0.159 e. The topological polar surface area (TPSA) is 26.0 Å². The third-order valence-electron chi connectivity index (χ3n) is 3.09. The highest BCUT2D eigenvalue weighted by Gasteiger charge is 2.31. The van der Waals surface area contributed by atoms with Crippen LogP contribution < -0.4 is 5.73 Å². The zero-order chi connectivity index (χ0) is 10.1. The molecule has 0 radical (unpaired) electrons. The molecule has 1 aromatic carbocycles. The van der Waals surface area contributed by atoms with E-state index in [2.05, 4.69) is 0 Å². The van der Waals surface area contributed by atoms with Gasteiger partial charge >= 0.3 is 0 Å². The molecule has 1 aliphatic rings. The van der Waals surface area contributed by atoms with Crippen molar-refractivity contribution in [2.45, 2.75) is 18.8 Å². The first-order valence-corrected chi connectivity index (χ1v) is 4.87. The number of rotatable bonds is 2. The molecule has 0 bridgehead atoms. The van der Waals surface area contributed by atoms with Crippen molar-refractivity contribution in [3.63, 3.8) is 0 Å². The standard InChI is InChI=1S/C11H13F2N/c12-10-4-2-7(5-11(10)13)9-3-1-8(9)6-14/h2,4-5,8-9H,1,3,6,14H2. The molecule has 1 fully saturated rings. The molecule has 2 rings (SSSR count). The van der Waals surface area contributed by atoms with Gasteiger partial charge in [0.1, 0.15) is 0 Å². The van der Waals surface area contributed by atoms with Crippen LogP contribution in [0.2, 0.25) is 0 Å². The largest absolute Gasteiger partial charge is 0.330 e. The molecule has 0 aromatic heterocycles. The summed E-state index contributed by atoms with van der Waals surface area (Å²) in [6.07, 6.45) is 2.13. The van der Waals surface area contributed by atoms with Gasteiger partial charge in [-0.2, -0.15) is 0 Å². The van der Waals surface area contributed by atoms with Crippen LogP contribution in [0.1, 0.15) is 24.3 Å². The van der Waals surface area contributed by atoms with Crippen LogP contribution >= 0.6 is 0 Å². The molecule has 0 aliphatic heterocycles. The molecule has 1 aliphatic carbocycles. The van der Waals surface area contributed by atoms with Gasteiger partial charge in [-0.1, -0.05) is 6.07 Å². The monoisotopic (exact) mass is 197 g/mol. The minimum absolute atomic E-state index is 0.329. The lowest BCUT2D eigenvalue weighted by Crippen LogP contribution is -2.30. The lowest BCUT2D eigenvalue weighted by atomic mass is 9.70. The highest BCUT2D eigenvalue weighted by atomic mass is 19.2. The van der Waals surface area contributed by atoms with Crippen molar-refractivity contribution in [3.05, 3.63) is 35.4 Å². The molecule has 0 spiro atoms. The summed E-state index contributed by atoms with van der Waals surface area (Å²) in [5.41, 5.74) is 6.44. The van der Waals surface area contributed by atoms with Crippen molar-refractivity contribution in [1.29, 1.82) is 0 Å². The van der Waals surface area contributed by atoms with E-state index in [1.165, 1.54) is 12.1 Å². The van der Waals surface area contributed by atoms with Gasteiger partial charge in [-0.15, -0.1) is 0 Å². The molecule has 14 heavy (non-hydrogen) atoms. The minimum atomic E-state index is -0.780. The van der Waals surface area contributed by atoms with Crippen LogP contribution in [0.4, 0.5) is 8.78 Å². The Morgan fingerprint density at radius 2 is 2.00 bits per heavy atom. The van der Waals surface area contributed by atoms with Gasteiger partial charge in [0.05, 0.1) is 0 Å². The molecule has 0 amide bonds. The van der Waals surface area contributed by atoms with E-state index < -0.39 is 11.6 Å². The maximum atomic E-state index is 12.9. The van der Waals surface area contributed by atoms with Crippen molar-refractivity contribution in [2.24, 2.45) is 11.7 Å². The molecular weight excluding hydrogens is 184 g/mol. The molecule has 1 nitrogen and oxygen atoms in total. The summed E-state index contributed by atoms with van der Waals surface area (Å²) in [6, 6.07) is 4.14. The molecule has 76 valence electrons. The van der Waals surface area contributed by atoms with E-state index in [1.54, 1.807) is 6.07 Å². The quantitative estimate of drug-likeness (QED) is 0.774. The van der Waals surface area contributed by atoms with E-state index in [-0.39, 0.29) is 0 Å². The van der Waals surface area contributed by atoms with E-state index in [0.717, 1.165) is 18.4 Å². The van der Waals surface area contributed by atoms with Crippen LogP contribution in [-0.2, 0) is 0 Å². The fraction of sp³-hybridized carbons (Fsp3) is 0.455. The Hall–Kier alpha value is -0.960. The fourth-order valence-electron chi connectivity index (χ4n) is 2.03. The van der Waals surface area contributed by atoms with Gasteiger partial charge in [0.25, 0.3) is 0 Å². The Kier molecular flexibility index (Phi) is 2.50. The number of halogens is 2. The van der Waals surface area contributed by atoms with E-state index in [9.17, 15) is 8.78 Å². The van der Waals surface area contributed by atoms with Gasteiger partial charge in [0.15, 0.2) is 11.6 Å². The van der Waals surface area contributed by atoms with Crippen molar-refractivity contribution in [2.75, 3.05) is 6.54 Å². The number of benzene rings is 1. The Labute approximate surface area is 81.9 Å². The Morgan fingerprint density at radius 1 is 1.21 bits per heavy atom. The Bertz CT molecular complexity index is 336. The molecule has 1 aromatic rings. The summed E-state index contributed by atoms with van der Waals surface area (Å²) in [7, 11) is 0. The second kappa shape index (κ2) is 3.65. The molecular formula is C11H13F2N. The molecule has 2 atom stereocenters. The third kappa shape index (κ3) is 1.52. The lowest BCUT2D eigenvalue weighted by molar-refractivity contribution is 0.262. The van der Waals surface area contributed by atoms with Gasteiger partial charge in [-0.05, 0) is 48.9 Å². The predicted octanol–water partition coefficient (Wildman–Crippen LogP) is 2.42. The van der Waals surface area contributed by atoms with Crippen molar-refractivity contribution in [3.8, 4) is 0 Å². The number of hydrogen-bond acceptors (Lipinski definition) is 1. The van der Waals surface area contributed by atoms with Crippen LogP contribution in [-0.4, -0.2) is 6.54 Å². The first-order chi connectivity index (χ1) is 6.72. The van der Waals surface area contributed by atoms with Crippen LogP contribution in [0.25, 0.3) is 0 Å². The molecule has 1 saturated carbocycles. The zero-order valence-corrected chi connectivity index (χ0v) is 7.84. The van der Waals surface area contributed by atoms with Crippen LogP contribution in [0.15, 0.2) is 18.2 Å². The van der Waals surface area contributed by atoms with Gasteiger partial charge in [-0.25, -0.2) is 8.78 Å². The van der Waals surface area contributed by atoms with E-state index in [1.807, 2.05) is 0 Å². The molecule has 0 heterocycles. The average Bonchev–Trinajstić information content (AvgIpc) is 2.10. The predicted molar refractivity (Wildman–Crippen MR) is 50.9 cm³/mol. The number of nitrogens with two attached hydrogens (primary N) is 1. The fourth-order valence-corrected chi connectivity index (χ4v) is 2.03. The first kappa shape index (κ1) is 9.59. The van der Waals surface area contributed by atoms with Crippen LogP contribution in [0.5, 0.6) is 0 Å². The molecule has 0 saturated heterocycles. The van der Waals surface area contributed by atoms with Gasteiger partial charge in [-0.3, -0.25) is 0 Å². The SMILES string of the molecule is NCC1CCC1c1ccc(F)c(F)c1. The maximum absolute atomic E-state index is 12.9. The summed E-state index contributed by atoms with van der Waals surface area (Å²) in [5, 5.41) is 0. The second-order valence-electron chi connectivity index (χ2n) is 3.85. The first-order valence-electron chi connectivity index (χ1n) is 4.87. The van der Waals surface area contributed by atoms with Crippen molar-refractivity contribution < 1.29 is 8.78 Å². The minimum Gasteiger partial charge on any atom is -0.330 e. The summed E-state index contributed by atoms with van der Waals surface area (Å²) in [4.78, 5) is 0. The highest BCUT2D eigenvalue weighted by molar-refractivity contribution is 5.24. The number of hydrogen-bond donors (Lipinski definition) is 1. The Morgan fingerprint density at radius 3 is 2.50 bits per heavy atom. The molecule has 2 unspecified atom stereocenters. The Balaban J connectivity index is 2.20. The third-order valence-corrected chi connectivity index (χ3v) is 3.09.